The van der Waals surface area contributed by atoms with Crippen LogP contribution in [0.2, 0.25) is 0 Å². The Labute approximate surface area is 155 Å². The third-order valence-electron chi connectivity index (χ3n) is 5.24. The lowest BCUT2D eigenvalue weighted by Crippen LogP contribution is -2.43. The SMILES string of the molecule is Cc1ccc(NC(=O)N2CCCC(CCC(=O)N3CCOCC3)C2)cc1. The standard InChI is InChI=1S/C20H29N3O3/c1-16-4-7-18(8-5-16)21-20(25)23-10-2-3-17(15-23)6-9-19(24)22-11-13-26-14-12-22/h4-5,7-8,17H,2-3,6,9-15H2,1H3,(H,21,25). The van der Waals surface area contributed by atoms with Gasteiger partial charge in [-0.25, -0.2) is 4.79 Å². The van der Waals surface area contributed by atoms with Gasteiger partial charge in [-0.05, 0) is 44.2 Å². The normalized spacial score (nSPS) is 20.7. The van der Waals surface area contributed by atoms with Gasteiger partial charge in [-0.2, -0.15) is 0 Å². The average molecular weight is 359 g/mol. The van der Waals surface area contributed by atoms with E-state index in [2.05, 4.69) is 5.32 Å². The summed E-state index contributed by atoms with van der Waals surface area (Å²) in [5.41, 5.74) is 2.00. The fourth-order valence-electron chi connectivity index (χ4n) is 3.62. The summed E-state index contributed by atoms with van der Waals surface area (Å²) in [6.07, 6.45) is 3.50. The molecule has 0 spiro atoms. The molecule has 3 amide bonds. The highest BCUT2D eigenvalue weighted by Gasteiger charge is 2.25. The molecule has 2 saturated heterocycles. The van der Waals surface area contributed by atoms with Crippen molar-refractivity contribution in [2.45, 2.75) is 32.6 Å². The highest BCUT2D eigenvalue weighted by Crippen LogP contribution is 2.22. The van der Waals surface area contributed by atoms with Crippen molar-refractivity contribution in [2.75, 3.05) is 44.7 Å². The molecular formula is C20H29N3O3. The molecule has 0 radical (unpaired) electrons. The Hall–Kier alpha value is -2.08. The second-order valence-corrected chi connectivity index (χ2v) is 7.28. The number of urea groups is 1. The van der Waals surface area contributed by atoms with Gasteiger partial charge in [0.25, 0.3) is 0 Å². The summed E-state index contributed by atoms with van der Waals surface area (Å²) < 4.78 is 5.30. The van der Waals surface area contributed by atoms with Crippen molar-refractivity contribution >= 4 is 17.6 Å². The van der Waals surface area contributed by atoms with E-state index in [1.807, 2.05) is 41.0 Å². The second kappa shape index (κ2) is 9.03. The number of aryl methyl sites for hydroxylation is 1. The molecule has 1 unspecified atom stereocenters. The molecular weight excluding hydrogens is 330 g/mol. The van der Waals surface area contributed by atoms with Crippen LogP contribution in [0.1, 0.15) is 31.2 Å². The van der Waals surface area contributed by atoms with Gasteiger partial charge in [-0.1, -0.05) is 17.7 Å². The number of anilines is 1. The van der Waals surface area contributed by atoms with E-state index in [-0.39, 0.29) is 11.9 Å². The monoisotopic (exact) mass is 359 g/mol. The number of rotatable bonds is 4. The zero-order valence-electron chi connectivity index (χ0n) is 15.6. The number of likely N-dealkylation sites (tertiary alicyclic amines) is 1. The third-order valence-corrected chi connectivity index (χ3v) is 5.24. The molecule has 1 aromatic carbocycles. The number of carbonyl (C=O) groups is 2. The Bertz CT molecular complexity index is 611. The smallest absolute Gasteiger partial charge is 0.321 e. The first-order chi connectivity index (χ1) is 12.6. The molecule has 2 heterocycles. The van der Waals surface area contributed by atoms with Gasteiger partial charge in [0, 0.05) is 38.3 Å². The maximum absolute atomic E-state index is 12.5. The van der Waals surface area contributed by atoms with Gasteiger partial charge >= 0.3 is 6.03 Å². The van der Waals surface area contributed by atoms with Crippen LogP contribution in [0.5, 0.6) is 0 Å². The van der Waals surface area contributed by atoms with Gasteiger partial charge in [-0.3, -0.25) is 4.79 Å². The number of piperidine rings is 1. The zero-order chi connectivity index (χ0) is 18.4. The molecule has 1 aromatic rings. The maximum Gasteiger partial charge on any atom is 0.321 e. The van der Waals surface area contributed by atoms with Crippen LogP contribution in [0.25, 0.3) is 0 Å². The first kappa shape index (κ1) is 18.7. The van der Waals surface area contributed by atoms with Crippen molar-refractivity contribution < 1.29 is 14.3 Å². The minimum atomic E-state index is -0.0435. The number of morpholine rings is 1. The van der Waals surface area contributed by atoms with Crippen molar-refractivity contribution in [1.82, 2.24) is 9.80 Å². The third kappa shape index (κ3) is 5.21. The number of carbonyl (C=O) groups excluding carboxylic acids is 2. The van der Waals surface area contributed by atoms with Crippen LogP contribution in [-0.2, 0) is 9.53 Å². The predicted molar refractivity (Wildman–Crippen MR) is 101 cm³/mol. The van der Waals surface area contributed by atoms with Crippen LogP contribution >= 0.6 is 0 Å². The van der Waals surface area contributed by atoms with Crippen molar-refractivity contribution in [2.24, 2.45) is 5.92 Å². The summed E-state index contributed by atoms with van der Waals surface area (Å²) in [6, 6.07) is 7.79. The Kier molecular flexibility index (Phi) is 6.50. The molecule has 3 rings (SSSR count). The summed E-state index contributed by atoms with van der Waals surface area (Å²) in [5.74, 6) is 0.618. The van der Waals surface area contributed by atoms with Crippen molar-refractivity contribution in [1.29, 1.82) is 0 Å². The van der Waals surface area contributed by atoms with Gasteiger partial charge in [0.2, 0.25) is 5.91 Å². The minimum absolute atomic E-state index is 0.0435. The highest BCUT2D eigenvalue weighted by molar-refractivity contribution is 5.89. The van der Waals surface area contributed by atoms with E-state index in [1.54, 1.807) is 0 Å². The lowest BCUT2D eigenvalue weighted by atomic mass is 9.93. The predicted octanol–water partition coefficient (Wildman–Crippen LogP) is 2.88. The first-order valence-corrected chi connectivity index (χ1v) is 9.60. The number of benzene rings is 1. The number of amides is 3. The summed E-state index contributed by atoms with van der Waals surface area (Å²) in [6.45, 7) is 6.23. The van der Waals surface area contributed by atoms with E-state index in [9.17, 15) is 9.59 Å². The van der Waals surface area contributed by atoms with E-state index in [0.717, 1.165) is 38.0 Å². The van der Waals surface area contributed by atoms with Gasteiger partial charge in [-0.15, -0.1) is 0 Å². The van der Waals surface area contributed by atoms with Gasteiger partial charge in [0.1, 0.15) is 0 Å². The van der Waals surface area contributed by atoms with Crippen LogP contribution < -0.4 is 5.32 Å². The Balaban J connectivity index is 1.45. The Morgan fingerprint density at radius 2 is 1.85 bits per heavy atom. The molecule has 142 valence electrons. The van der Waals surface area contributed by atoms with Crippen molar-refractivity contribution in [3.63, 3.8) is 0 Å². The molecule has 2 fully saturated rings. The Morgan fingerprint density at radius 1 is 1.12 bits per heavy atom. The Morgan fingerprint density at radius 3 is 2.58 bits per heavy atom. The number of nitrogens with zero attached hydrogens (tertiary/aromatic N) is 2. The molecule has 6 nitrogen and oxygen atoms in total. The van der Waals surface area contributed by atoms with Gasteiger partial charge in [0.05, 0.1) is 13.2 Å². The molecule has 0 aromatic heterocycles. The molecule has 2 aliphatic rings. The fourth-order valence-corrected chi connectivity index (χ4v) is 3.62. The lowest BCUT2D eigenvalue weighted by Gasteiger charge is -2.33. The van der Waals surface area contributed by atoms with Crippen molar-refractivity contribution in [3.05, 3.63) is 29.8 Å². The summed E-state index contributed by atoms with van der Waals surface area (Å²) in [7, 11) is 0. The van der Waals surface area contributed by atoms with Crippen LogP contribution in [-0.4, -0.2) is 61.1 Å². The van der Waals surface area contributed by atoms with Crippen LogP contribution in [0.15, 0.2) is 24.3 Å². The average Bonchev–Trinajstić information content (AvgIpc) is 2.69. The van der Waals surface area contributed by atoms with Crippen LogP contribution in [0.4, 0.5) is 10.5 Å². The minimum Gasteiger partial charge on any atom is -0.378 e. The molecule has 0 aliphatic carbocycles. The molecule has 1 atom stereocenters. The summed E-state index contributed by atoms with van der Waals surface area (Å²) in [5, 5.41) is 2.97. The molecule has 0 bridgehead atoms. The number of hydrogen-bond donors (Lipinski definition) is 1. The number of hydrogen-bond acceptors (Lipinski definition) is 3. The molecule has 1 N–H and O–H groups in total. The van der Waals surface area contributed by atoms with Crippen LogP contribution in [0.3, 0.4) is 0 Å². The lowest BCUT2D eigenvalue weighted by molar-refractivity contribution is -0.135. The fraction of sp³-hybridized carbons (Fsp3) is 0.600. The topological polar surface area (TPSA) is 61.9 Å². The van der Waals surface area contributed by atoms with Crippen molar-refractivity contribution in [3.8, 4) is 0 Å². The zero-order valence-corrected chi connectivity index (χ0v) is 15.6. The largest absolute Gasteiger partial charge is 0.378 e. The molecule has 2 aliphatic heterocycles. The van der Waals surface area contributed by atoms with Crippen LogP contribution in [0, 0.1) is 12.8 Å². The molecule has 6 heteroatoms. The summed E-state index contributed by atoms with van der Waals surface area (Å²) in [4.78, 5) is 28.6. The molecule has 0 saturated carbocycles. The quantitative estimate of drug-likeness (QED) is 0.899. The van der Waals surface area contributed by atoms with E-state index < -0.39 is 0 Å². The van der Waals surface area contributed by atoms with E-state index in [0.29, 0.717) is 38.6 Å². The summed E-state index contributed by atoms with van der Waals surface area (Å²) >= 11 is 0. The maximum atomic E-state index is 12.5. The van der Waals surface area contributed by atoms with Gasteiger partial charge in [0.15, 0.2) is 0 Å². The highest BCUT2D eigenvalue weighted by atomic mass is 16.5. The van der Waals surface area contributed by atoms with E-state index in [4.69, 9.17) is 4.74 Å². The molecule has 26 heavy (non-hydrogen) atoms. The van der Waals surface area contributed by atoms with Gasteiger partial charge < -0.3 is 19.9 Å². The number of ether oxygens (including phenoxy) is 1. The second-order valence-electron chi connectivity index (χ2n) is 7.28. The van der Waals surface area contributed by atoms with E-state index in [1.165, 1.54) is 5.56 Å². The van der Waals surface area contributed by atoms with E-state index >= 15 is 0 Å². The number of nitrogens with one attached hydrogen (secondary N) is 1. The first-order valence-electron chi connectivity index (χ1n) is 9.60.